The summed E-state index contributed by atoms with van der Waals surface area (Å²) in [6, 6.07) is 21.4. The summed E-state index contributed by atoms with van der Waals surface area (Å²) in [4.78, 5) is 38.9. The van der Waals surface area contributed by atoms with Crippen LogP contribution in [0.25, 0.3) is 11.3 Å². The van der Waals surface area contributed by atoms with Crippen molar-refractivity contribution >= 4 is 29.6 Å². The van der Waals surface area contributed by atoms with Crippen LogP contribution in [0.4, 0.5) is 5.69 Å². The van der Waals surface area contributed by atoms with Crippen LogP contribution >= 0.6 is 0 Å². The quantitative estimate of drug-likeness (QED) is 0.214. The standard InChI is InChI=1S/C24H15N5O5/c30-22(26-25-14-20-21(27-34-29(20)33)15-6-2-1-3-7-15)16-10-12-17(13-11-16)28-23(31)18-8-4-5-9-19(18)24(28)32/h1-14H,(H,26,30)/b25-14+. The SMILES string of the molecule is O=C(N/N=C/c1c(-c2ccccc2)no[n+]1[O-])c1ccc(N2C(=O)c3ccccc3C2=O)cc1. The van der Waals surface area contributed by atoms with Gasteiger partial charge in [-0.15, -0.1) is 0 Å². The maximum atomic E-state index is 12.6. The van der Waals surface area contributed by atoms with E-state index in [-0.39, 0.29) is 21.9 Å². The molecule has 166 valence electrons. The number of benzene rings is 3. The van der Waals surface area contributed by atoms with Crippen LogP contribution in [0.1, 0.15) is 36.8 Å². The minimum atomic E-state index is -0.555. The number of carbonyl (C=O) groups excluding carboxylic acids is 3. The second-order valence-corrected chi connectivity index (χ2v) is 7.27. The summed E-state index contributed by atoms with van der Waals surface area (Å²) < 4.78 is 4.64. The number of rotatable bonds is 5. The van der Waals surface area contributed by atoms with Crippen molar-refractivity contribution in [1.82, 2.24) is 10.6 Å². The molecule has 4 aromatic rings. The van der Waals surface area contributed by atoms with Crippen molar-refractivity contribution in [1.29, 1.82) is 0 Å². The van der Waals surface area contributed by atoms with Gasteiger partial charge >= 0.3 is 0 Å². The molecule has 0 aliphatic carbocycles. The largest absolute Gasteiger partial charge is 0.359 e. The van der Waals surface area contributed by atoms with E-state index in [2.05, 4.69) is 20.3 Å². The molecule has 2 heterocycles. The fraction of sp³-hybridized carbons (Fsp3) is 0. The Balaban J connectivity index is 1.29. The molecule has 10 nitrogen and oxygen atoms in total. The summed E-state index contributed by atoms with van der Waals surface area (Å²) in [7, 11) is 0. The predicted molar refractivity (Wildman–Crippen MR) is 120 cm³/mol. The van der Waals surface area contributed by atoms with Gasteiger partial charge in [0.2, 0.25) is 5.69 Å². The molecule has 0 saturated heterocycles. The number of nitrogens with one attached hydrogen (secondary N) is 1. The van der Waals surface area contributed by atoms with Gasteiger partial charge in [0.05, 0.1) is 16.8 Å². The van der Waals surface area contributed by atoms with E-state index in [0.717, 1.165) is 11.1 Å². The number of fused-ring (bicyclic) bond motifs is 1. The molecule has 0 saturated carbocycles. The fourth-order valence-corrected chi connectivity index (χ4v) is 3.56. The van der Waals surface area contributed by atoms with Gasteiger partial charge in [-0.1, -0.05) is 42.5 Å². The van der Waals surface area contributed by atoms with Crippen LogP contribution in [-0.2, 0) is 0 Å². The van der Waals surface area contributed by atoms with E-state index in [4.69, 9.17) is 0 Å². The van der Waals surface area contributed by atoms with E-state index < -0.39 is 17.7 Å². The number of hydrogen-bond donors (Lipinski definition) is 1. The first kappa shape index (κ1) is 20.8. The van der Waals surface area contributed by atoms with Crippen molar-refractivity contribution in [3.05, 3.63) is 106 Å². The highest BCUT2D eigenvalue weighted by molar-refractivity contribution is 6.34. The lowest BCUT2D eigenvalue weighted by molar-refractivity contribution is -0.803. The molecule has 0 unspecified atom stereocenters. The molecule has 0 bridgehead atoms. The van der Waals surface area contributed by atoms with Gasteiger partial charge in [-0.3, -0.25) is 19.0 Å². The highest BCUT2D eigenvalue weighted by Gasteiger charge is 2.36. The normalized spacial score (nSPS) is 12.9. The number of hydrazone groups is 1. The van der Waals surface area contributed by atoms with Crippen molar-refractivity contribution in [2.75, 3.05) is 4.90 Å². The Bertz CT molecular complexity index is 1410. The fourth-order valence-electron chi connectivity index (χ4n) is 3.56. The zero-order valence-corrected chi connectivity index (χ0v) is 17.4. The van der Waals surface area contributed by atoms with Crippen molar-refractivity contribution in [2.45, 2.75) is 0 Å². The molecule has 1 aliphatic heterocycles. The third-order valence-electron chi connectivity index (χ3n) is 5.23. The molecule has 34 heavy (non-hydrogen) atoms. The first-order chi connectivity index (χ1) is 16.5. The van der Waals surface area contributed by atoms with Crippen molar-refractivity contribution in [3.8, 4) is 11.3 Å². The minimum Gasteiger partial charge on any atom is -0.359 e. The molecule has 0 radical (unpaired) electrons. The summed E-state index contributed by atoms with van der Waals surface area (Å²) in [5.41, 5.74) is 4.53. The van der Waals surface area contributed by atoms with Crippen LogP contribution in [0.3, 0.4) is 0 Å². The van der Waals surface area contributed by atoms with E-state index in [1.807, 2.05) is 6.07 Å². The number of carbonyl (C=O) groups is 3. The number of hydrogen-bond acceptors (Lipinski definition) is 7. The molecule has 5 rings (SSSR count). The summed E-state index contributed by atoms with van der Waals surface area (Å²) in [5.74, 6) is -1.40. The number of imide groups is 1. The van der Waals surface area contributed by atoms with E-state index in [1.54, 1.807) is 48.5 Å². The molecular weight excluding hydrogens is 438 g/mol. The van der Waals surface area contributed by atoms with Crippen LogP contribution in [0, 0.1) is 5.21 Å². The van der Waals surface area contributed by atoms with Gasteiger partial charge in [-0.25, -0.2) is 10.3 Å². The van der Waals surface area contributed by atoms with E-state index in [0.29, 0.717) is 22.4 Å². The Kier molecular flexibility index (Phi) is 5.15. The first-order valence-corrected chi connectivity index (χ1v) is 10.1. The van der Waals surface area contributed by atoms with Gasteiger partial charge in [-0.05, 0) is 41.3 Å². The minimum absolute atomic E-state index is 0.0208. The summed E-state index contributed by atoms with van der Waals surface area (Å²) in [6.45, 7) is 0. The van der Waals surface area contributed by atoms with Crippen molar-refractivity contribution in [3.63, 3.8) is 0 Å². The Hall–Kier alpha value is -5.12. The molecule has 1 N–H and O–H groups in total. The van der Waals surface area contributed by atoms with Gasteiger partial charge in [0.1, 0.15) is 6.21 Å². The van der Waals surface area contributed by atoms with Crippen LogP contribution in [0.15, 0.2) is 88.6 Å². The monoisotopic (exact) mass is 453 g/mol. The molecule has 1 aromatic heterocycles. The number of amides is 3. The summed E-state index contributed by atoms with van der Waals surface area (Å²) in [5, 5.41) is 19.4. The average Bonchev–Trinajstić information content (AvgIpc) is 3.36. The summed E-state index contributed by atoms with van der Waals surface area (Å²) >= 11 is 0. The average molecular weight is 453 g/mol. The Morgan fingerprint density at radius 3 is 2.21 bits per heavy atom. The van der Waals surface area contributed by atoms with Crippen molar-refractivity contribution < 1.29 is 23.9 Å². The maximum Gasteiger partial charge on any atom is 0.271 e. The molecule has 3 aromatic carbocycles. The third kappa shape index (κ3) is 3.58. The molecule has 0 spiro atoms. The highest BCUT2D eigenvalue weighted by Crippen LogP contribution is 2.28. The van der Waals surface area contributed by atoms with E-state index in [9.17, 15) is 19.6 Å². The maximum absolute atomic E-state index is 12.6. The topological polar surface area (TPSA) is 132 Å². The third-order valence-corrected chi connectivity index (χ3v) is 5.23. The molecular formula is C24H15N5O5. The van der Waals surface area contributed by atoms with Gasteiger partial charge < -0.3 is 5.21 Å². The van der Waals surface area contributed by atoms with Gasteiger partial charge in [0.25, 0.3) is 23.4 Å². The van der Waals surface area contributed by atoms with Crippen LogP contribution in [0.5, 0.6) is 0 Å². The van der Waals surface area contributed by atoms with Crippen LogP contribution < -0.4 is 15.2 Å². The number of anilines is 1. The van der Waals surface area contributed by atoms with Gasteiger partial charge in [0, 0.05) is 16.3 Å². The lowest BCUT2D eigenvalue weighted by Gasteiger charge is -2.14. The Morgan fingerprint density at radius 1 is 0.941 bits per heavy atom. The smallest absolute Gasteiger partial charge is 0.271 e. The molecule has 1 aliphatic rings. The summed E-state index contributed by atoms with van der Waals surface area (Å²) in [6.07, 6.45) is 1.14. The molecule has 0 fully saturated rings. The predicted octanol–water partition coefficient (Wildman–Crippen LogP) is 2.54. The number of nitrogens with zero attached hydrogens (tertiary/aromatic N) is 4. The zero-order chi connectivity index (χ0) is 23.7. The van der Waals surface area contributed by atoms with Crippen LogP contribution in [-0.4, -0.2) is 29.1 Å². The molecule has 3 amide bonds. The van der Waals surface area contributed by atoms with E-state index >= 15 is 0 Å². The first-order valence-electron chi connectivity index (χ1n) is 10.1. The molecule has 0 atom stereocenters. The zero-order valence-electron chi connectivity index (χ0n) is 17.4. The Labute approximate surface area is 192 Å². The highest BCUT2D eigenvalue weighted by atomic mass is 16.8. The number of aromatic nitrogens is 2. The van der Waals surface area contributed by atoms with E-state index in [1.165, 1.54) is 24.3 Å². The van der Waals surface area contributed by atoms with Gasteiger partial charge in [0.15, 0.2) is 0 Å². The van der Waals surface area contributed by atoms with Crippen LogP contribution in [0.2, 0.25) is 0 Å². The lowest BCUT2D eigenvalue weighted by atomic mass is 10.1. The lowest BCUT2D eigenvalue weighted by Crippen LogP contribution is -2.29. The second-order valence-electron chi connectivity index (χ2n) is 7.27. The second kappa shape index (κ2) is 8.43. The Morgan fingerprint density at radius 2 is 1.56 bits per heavy atom. The van der Waals surface area contributed by atoms with Crippen molar-refractivity contribution in [2.24, 2.45) is 5.10 Å². The molecule has 10 heteroatoms. The van der Waals surface area contributed by atoms with Gasteiger partial charge in [-0.2, -0.15) is 5.10 Å².